The maximum atomic E-state index is 11.7. The molecular formula is C12H16N2O2. The molecule has 0 aliphatic heterocycles. The SMILES string of the molecule is CCOC(=O)C(=CN(C)C)c1ccncc1. The van der Waals surface area contributed by atoms with Crippen molar-refractivity contribution in [2.75, 3.05) is 20.7 Å². The number of aromatic nitrogens is 1. The molecular weight excluding hydrogens is 204 g/mol. The molecule has 0 aliphatic carbocycles. The fourth-order valence-corrected chi connectivity index (χ4v) is 1.24. The first-order valence-electron chi connectivity index (χ1n) is 5.11. The van der Waals surface area contributed by atoms with Crippen molar-refractivity contribution >= 4 is 11.5 Å². The molecule has 0 atom stereocenters. The first-order valence-corrected chi connectivity index (χ1v) is 5.11. The lowest BCUT2D eigenvalue weighted by molar-refractivity contribution is -0.136. The molecule has 1 aromatic heterocycles. The van der Waals surface area contributed by atoms with Crippen LogP contribution in [0.2, 0.25) is 0 Å². The minimum atomic E-state index is -0.317. The van der Waals surface area contributed by atoms with Crippen LogP contribution in [0.5, 0.6) is 0 Å². The molecule has 16 heavy (non-hydrogen) atoms. The zero-order valence-corrected chi connectivity index (χ0v) is 9.80. The number of rotatable bonds is 4. The fourth-order valence-electron chi connectivity index (χ4n) is 1.24. The summed E-state index contributed by atoms with van der Waals surface area (Å²) in [5, 5.41) is 0. The van der Waals surface area contributed by atoms with Gasteiger partial charge in [-0.2, -0.15) is 0 Å². The lowest BCUT2D eigenvalue weighted by atomic mass is 10.1. The van der Waals surface area contributed by atoms with Crippen LogP contribution in [0.15, 0.2) is 30.7 Å². The molecule has 0 N–H and O–H groups in total. The van der Waals surface area contributed by atoms with Crippen molar-refractivity contribution < 1.29 is 9.53 Å². The van der Waals surface area contributed by atoms with Crippen molar-refractivity contribution in [1.29, 1.82) is 0 Å². The van der Waals surface area contributed by atoms with Crippen LogP contribution in [-0.4, -0.2) is 36.6 Å². The van der Waals surface area contributed by atoms with Crippen LogP contribution in [0.1, 0.15) is 12.5 Å². The van der Waals surface area contributed by atoms with Crippen molar-refractivity contribution in [3.8, 4) is 0 Å². The third-order valence-corrected chi connectivity index (χ3v) is 1.87. The Morgan fingerprint density at radius 3 is 2.56 bits per heavy atom. The topological polar surface area (TPSA) is 42.4 Å². The second-order valence-electron chi connectivity index (χ2n) is 3.46. The van der Waals surface area contributed by atoms with Gasteiger partial charge in [-0.25, -0.2) is 4.79 Å². The van der Waals surface area contributed by atoms with E-state index in [-0.39, 0.29) is 5.97 Å². The number of pyridine rings is 1. The van der Waals surface area contributed by atoms with Crippen molar-refractivity contribution in [3.63, 3.8) is 0 Å². The van der Waals surface area contributed by atoms with Crippen molar-refractivity contribution in [2.24, 2.45) is 0 Å². The molecule has 86 valence electrons. The highest BCUT2D eigenvalue weighted by atomic mass is 16.5. The molecule has 0 spiro atoms. The van der Waals surface area contributed by atoms with Crippen LogP contribution in [0.3, 0.4) is 0 Å². The molecule has 0 saturated carbocycles. The molecule has 1 heterocycles. The summed E-state index contributed by atoms with van der Waals surface area (Å²) >= 11 is 0. The van der Waals surface area contributed by atoms with Crippen molar-refractivity contribution in [3.05, 3.63) is 36.3 Å². The number of esters is 1. The van der Waals surface area contributed by atoms with Crippen LogP contribution >= 0.6 is 0 Å². The van der Waals surface area contributed by atoms with Gasteiger partial charge >= 0.3 is 5.97 Å². The van der Waals surface area contributed by atoms with Gasteiger partial charge in [0.15, 0.2) is 0 Å². The Labute approximate surface area is 95.6 Å². The maximum Gasteiger partial charge on any atom is 0.340 e. The van der Waals surface area contributed by atoms with Gasteiger partial charge in [-0.1, -0.05) is 0 Å². The van der Waals surface area contributed by atoms with E-state index in [1.165, 1.54) is 0 Å². The van der Waals surface area contributed by atoms with E-state index in [2.05, 4.69) is 4.98 Å². The highest BCUT2D eigenvalue weighted by Crippen LogP contribution is 2.15. The molecule has 0 aliphatic rings. The minimum Gasteiger partial charge on any atom is -0.462 e. The highest BCUT2D eigenvalue weighted by molar-refractivity contribution is 6.16. The standard InChI is InChI=1S/C12H16N2O2/c1-4-16-12(15)11(9-14(2)3)10-5-7-13-8-6-10/h5-9H,4H2,1-3H3. The zero-order valence-electron chi connectivity index (χ0n) is 9.80. The van der Waals surface area contributed by atoms with E-state index in [1.807, 2.05) is 19.0 Å². The summed E-state index contributed by atoms with van der Waals surface area (Å²) in [7, 11) is 3.72. The summed E-state index contributed by atoms with van der Waals surface area (Å²) in [5.74, 6) is -0.317. The predicted molar refractivity (Wildman–Crippen MR) is 62.5 cm³/mol. The molecule has 4 heteroatoms. The maximum absolute atomic E-state index is 11.7. The fraction of sp³-hybridized carbons (Fsp3) is 0.333. The lowest BCUT2D eigenvalue weighted by Crippen LogP contribution is -2.11. The quantitative estimate of drug-likeness (QED) is 0.570. The smallest absolute Gasteiger partial charge is 0.340 e. The molecule has 4 nitrogen and oxygen atoms in total. The third kappa shape index (κ3) is 3.38. The largest absolute Gasteiger partial charge is 0.462 e. The summed E-state index contributed by atoms with van der Waals surface area (Å²) < 4.78 is 5.01. The molecule has 0 bridgehead atoms. The highest BCUT2D eigenvalue weighted by Gasteiger charge is 2.13. The molecule has 0 fully saturated rings. The third-order valence-electron chi connectivity index (χ3n) is 1.87. The molecule has 1 rings (SSSR count). The van der Waals surface area contributed by atoms with E-state index in [0.717, 1.165) is 5.56 Å². The number of hydrogen-bond acceptors (Lipinski definition) is 4. The Morgan fingerprint density at radius 1 is 1.44 bits per heavy atom. The lowest BCUT2D eigenvalue weighted by Gasteiger charge is -2.11. The van der Waals surface area contributed by atoms with Gasteiger partial charge in [-0.05, 0) is 24.6 Å². The number of hydrogen-bond donors (Lipinski definition) is 0. The Balaban J connectivity index is 3.02. The van der Waals surface area contributed by atoms with Gasteiger partial charge in [0.1, 0.15) is 0 Å². The first kappa shape index (κ1) is 12.2. The second-order valence-corrected chi connectivity index (χ2v) is 3.46. The number of ether oxygens (including phenoxy) is 1. The van der Waals surface area contributed by atoms with Gasteiger partial charge in [0.2, 0.25) is 0 Å². The molecule has 0 saturated heterocycles. The Hall–Kier alpha value is -1.84. The van der Waals surface area contributed by atoms with Crippen LogP contribution in [0.25, 0.3) is 5.57 Å². The van der Waals surface area contributed by atoms with E-state index in [0.29, 0.717) is 12.2 Å². The van der Waals surface area contributed by atoms with Crippen LogP contribution in [0.4, 0.5) is 0 Å². The van der Waals surface area contributed by atoms with Crippen molar-refractivity contribution in [2.45, 2.75) is 6.92 Å². The number of carbonyl (C=O) groups excluding carboxylic acids is 1. The Kier molecular flexibility index (Phi) is 4.51. The second kappa shape index (κ2) is 5.90. The summed E-state index contributed by atoms with van der Waals surface area (Å²) in [6, 6.07) is 3.57. The van der Waals surface area contributed by atoms with E-state index >= 15 is 0 Å². The van der Waals surface area contributed by atoms with Gasteiger partial charge < -0.3 is 9.64 Å². The predicted octanol–water partition coefficient (Wildman–Crippen LogP) is 1.55. The zero-order chi connectivity index (χ0) is 12.0. The van der Waals surface area contributed by atoms with Gasteiger partial charge in [-0.3, -0.25) is 4.98 Å². The average molecular weight is 220 g/mol. The van der Waals surface area contributed by atoms with Crippen LogP contribution in [0, 0.1) is 0 Å². The summed E-state index contributed by atoms with van der Waals surface area (Å²) in [6.45, 7) is 2.16. The number of carbonyl (C=O) groups is 1. The summed E-state index contributed by atoms with van der Waals surface area (Å²) in [4.78, 5) is 17.5. The van der Waals surface area contributed by atoms with E-state index in [1.54, 1.807) is 37.7 Å². The Bertz CT molecular complexity index is 372. The van der Waals surface area contributed by atoms with Gasteiger partial charge in [0, 0.05) is 32.7 Å². The number of nitrogens with zero attached hydrogens (tertiary/aromatic N) is 2. The summed E-state index contributed by atoms with van der Waals surface area (Å²) in [5.41, 5.74) is 1.34. The van der Waals surface area contributed by atoms with E-state index in [4.69, 9.17) is 4.74 Å². The Morgan fingerprint density at radius 2 is 2.06 bits per heavy atom. The van der Waals surface area contributed by atoms with E-state index < -0.39 is 0 Å². The molecule has 0 aromatic carbocycles. The monoisotopic (exact) mass is 220 g/mol. The summed E-state index contributed by atoms with van der Waals surface area (Å²) in [6.07, 6.45) is 5.05. The molecule has 1 aromatic rings. The average Bonchev–Trinajstić information content (AvgIpc) is 2.27. The molecule has 0 unspecified atom stereocenters. The molecule has 0 radical (unpaired) electrons. The van der Waals surface area contributed by atoms with Gasteiger partial charge in [0.05, 0.1) is 12.2 Å². The van der Waals surface area contributed by atoms with Crippen molar-refractivity contribution in [1.82, 2.24) is 9.88 Å². The minimum absolute atomic E-state index is 0.317. The molecule has 0 amide bonds. The van der Waals surface area contributed by atoms with Gasteiger partial charge in [-0.15, -0.1) is 0 Å². The normalized spacial score (nSPS) is 11.1. The first-order chi connectivity index (χ1) is 7.65. The van der Waals surface area contributed by atoms with Gasteiger partial charge in [0.25, 0.3) is 0 Å². The van der Waals surface area contributed by atoms with Crippen LogP contribution < -0.4 is 0 Å². The van der Waals surface area contributed by atoms with Crippen LogP contribution in [-0.2, 0) is 9.53 Å². The van der Waals surface area contributed by atoms with E-state index in [9.17, 15) is 4.79 Å².